The second kappa shape index (κ2) is 10.4. The molecule has 5 nitrogen and oxygen atoms in total. The van der Waals surface area contributed by atoms with Crippen LogP contribution in [0.25, 0.3) is 0 Å². The first-order valence-electron chi connectivity index (χ1n) is 6.93. The Hall–Kier alpha value is -1.52. The summed E-state index contributed by atoms with van der Waals surface area (Å²) in [5.41, 5.74) is 0. The lowest BCUT2D eigenvalue weighted by Gasteiger charge is -2.29. The van der Waals surface area contributed by atoms with Crippen molar-refractivity contribution >= 4 is 12.0 Å². The summed E-state index contributed by atoms with van der Waals surface area (Å²) in [6, 6.07) is -0.204. The zero-order chi connectivity index (χ0) is 14.7. The topological polar surface area (TPSA) is 60.9 Å². The molecular weight excluding hydrogens is 244 g/mol. The summed E-state index contributed by atoms with van der Waals surface area (Å²) in [4.78, 5) is 26.2. The number of carboxylic acid groups (broad SMARTS) is 1. The second-order valence-electron chi connectivity index (χ2n) is 4.54. The number of hydrogen-bond donors (Lipinski definition) is 1. The highest BCUT2D eigenvalue weighted by molar-refractivity contribution is 5.80. The van der Waals surface area contributed by atoms with E-state index < -0.39 is 5.97 Å². The maximum Gasteiger partial charge on any atom is 0.323 e. The maximum atomic E-state index is 12.3. The summed E-state index contributed by atoms with van der Waals surface area (Å²) < 4.78 is 0. The molecular formula is C14H26N2O3. The molecule has 2 amide bonds. The zero-order valence-corrected chi connectivity index (χ0v) is 12.1. The van der Waals surface area contributed by atoms with Crippen molar-refractivity contribution in [3.8, 4) is 0 Å². The SMILES string of the molecule is C=CCN(CC(=O)O)C(=O)N(CCCC)CCCC. The summed E-state index contributed by atoms with van der Waals surface area (Å²) >= 11 is 0. The molecule has 0 aliphatic carbocycles. The highest BCUT2D eigenvalue weighted by Crippen LogP contribution is 2.05. The predicted molar refractivity (Wildman–Crippen MR) is 76.2 cm³/mol. The number of hydrogen-bond acceptors (Lipinski definition) is 2. The number of carboxylic acids is 1. The van der Waals surface area contributed by atoms with Crippen LogP contribution in [-0.2, 0) is 4.79 Å². The van der Waals surface area contributed by atoms with Crippen LogP contribution < -0.4 is 0 Å². The van der Waals surface area contributed by atoms with Gasteiger partial charge in [-0.3, -0.25) is 4.79 Å². The third-order valence-corrected chi connectivity index (χ3v) is 2.78. The molecule has 0 aromatic rings. The normalized spacial score (nSPS) is 10.0. The Kier molecular flexibility index (Phi) is 9.57. The molecule has 0 saturated heterocycles. The standard InChI is InChI=1S/C14H26N2O3/c1-4-7-10-15(11-8-5-2)14(19)16(9-6-3)12-13(17)18/h6H,3-5,7-12H2,1-2H3,(H,17,18). The Morgan fingerprint density at radius 1 is 1.11 bits per heavy atom. The Morgan fingerprint density at radius 3 is 2.00 bits per heavy atom. The lowest BCUT2D eigenvalue weighted by Crippen LogP contribution is -2.46. The maximum absolute atomic E-state index is 12.3. The molecule has 0 saturated carbocycles. The van der Waals surface area contributed by atoms with Crippen LogP contribution in [0.3, 0.4) is 0 Å². The minimum atomic E-state index is -0.999. The van der Waals surface area contributed by atoms with Gasteiger partial charge in [0.15, 0.2) is 0 Å². The second-order valence-corrected chi connectivity index (χ2v) is 4.54. The fourth-order valence-electron chi connectivity index (χ4n) is 1.73. The van der Waals surface area contributed by atoms with E-state index in [-0.39, 0.29) is 19.1 Å². The Bertz CT molecular complexity index is 284. The number of aliphatic carboxylic acids is 1. The van der Waals surface area contributed by atoms with E-state index in [0.29, 0.717) is 13.1 Å². The van der Waals surface area contributed by atoms with Gasteiger partial charge in [-0.25, -0.2) is 4.79 Å². The highest BCUT2D eigenvalue weighted by Gasteiger charge is 2.21. The Labute approximate surface area is 115 Å². The molecule has 0 aliphatic heterocycles. The van der Waals surface area contributed by atoms with E-state index in [0.717, 1.165) is 25.7 Å². The Balaban J connectivity index is 4.67. The molecule has 0 atom stereocenters. The first-order chi connectivity index (χ1) is 9.06. The lowest BCUT2D eigenvalue weighted by molar-refractivity contribution is -0.137. The fraction of sp³-hybridized carbons (Fsp3) is 0.714. The summed E-state index contributed by atoms with van der Waals surface area (Å²) in [5, 5.41) is 8.85. The molecule has 110 valence electrons. The number of unbranched alkanes of at least 4 members (excludes halogenated alkanes) is 2. The average molecular weight is 270 g/mol. The minimum Gasteiger partial charge on any atom is -0.480 e. The van der Waals surface area contributed by atoms with Gasteiger partial charge in [0.05, 0.1) is 0 Å². The molecule has 0 aromatic heterocycles. The van der Waals surface area contributed by atoms with Gasteiger partial charge in [-0.1, -0.05) is 32.8 Å². The van der Waals surface area contributed by atoms with Crippen LogP contribution in [-0.4, -0.2) is 53.1 Å². The van der Waals surface area contributed by atoms with Crippen molar-refractivity contribution < 1.29 is 14.7 Å². The van der Waals surface area contributed by atoms with Crippen molar-refractivity contribution in [2.24, 2.45) is 0 Å². The molecule has 0 heterocycles. The number of carbonyl (C=O) groups excluding carboxylic acids is 1. The summed E-state index contributed by atoms with van der Waals surface area (Å²) in [6.45, 7) is 9.06. The highest BCUT2D eigenvalue weighted by atomic mass is 16.4. The van der Waals surface area contributed by atoms with E-state index in [1.54, 1.807) is 11.0 Å². The van der Waals surface area contributed by atoms with E-state index in [1.807, 2.05) is 0 Å². The van der Waals surface area contributed by atoms with Crippen molar-refractivity contribution in [1.29, 1.82) is 0 Å². The van der Waals surface area contributed by atoms with Crippen LogP contribution in [0.2, 0.25) is 0 Å². The summed E-state index contributed by atoms with van der Waals surface area (Å²) in [6.07, 6.45) is 5.44. The molecule has 0 rings (SSSR count). The predicted octanol–water partition coefficient (Wildman–Crippen LogP) is 2.58. The van der Waals surface area contributed by atoms with Crippen molar-refractivity contribution in [3.63, 3.8) is 0 Å². The molecule has 1 N–H and O–H groups in total. The third kappa shape index (κ3) is 7.49. The van der Waals surface area contributed by atoms with E-state index in [2.05, 4.69) is 20.4 Å². The van der Waals surface area contributed by atoms with Gasteiger partial charge in [0.2, 0.25) is 0 Å². The summed E-state index contributed by atoms with van der Waals surface area (Å²) in [7, 11) is 0. The van der Waals surface area contributed by atoms with E-state index >= 15 is 0 Å². The van der Waals surface area contributed by atoms with Gasteiger partial charge in [0.1, 0.15) is 6.54 Å². The van der Waals surface area contributed by atoms with Crippen LogP contribution in [0.4, 0.5) is 4.79 Å². The smallest absolute Gasteiger partial charge is 0.323 e. The van der Waals surface area contributed by atoms with Gasteiger partial charge in [-0.2, -0.15) is 0 Å². The largest absolute Gasteiger partial charge is 0.480 e. The number of urea groups is 1. The van der Waals surface area contributed by atoms with Crippen LogP contribution in [0.5, 0.6) is 0 Å². The van der Waals surface area contributed by atoms with Crippen molar-refractivity contribution in [3.05, 3.63) is 12.7 Å². The van der Waals surface area contributed by atoms with E-state index in [9.17, 15) is 9.59 Å². The van der Waals surface area contributed by atoms with Gasteiger partial charge in [-0.05, 0) is 12.8 Å². The molecule has 0 radical (unpaired) electrons. The summed E-state index contributed by atoms with van der Waals surface area (Å²) in [5.74, 6) is -0.999. The van der Waals surface area contributed by atoms with E-state index in [1.165, 1.54) is 4.90 Å². The average Bonchev–Trinajstić information content (AvgIpc) is 2.37. The third-order valence-electron chi connectivity index (χ3n) is 2.78. The monoisotopic (exact) mass is 270 g/mol. The number of amides is 2. The zero-order valence-electron chi connectivity index (χ0n) is 12.1. The number of carbonyl (C=O) groups is 2. The van der Waals surface area contributed by atoms with Gasteiger partial charge in [0.25, 0.3) is 0 Å². The number of nitrogens with zero attached hydrogens (tertiary/aromatic N) is 2. The number of rotatable bonds is 10. The molecule has 0 aromatic carbocycles. The Morgan fingerprint density at radius 2 is 1.63 bits per heavy atom. The first kappa shape index (κ1) is 17.5. The fourth-order valence-corrected chi connectivity index (χ4v) is 1.73. The quantitative estimate of drug-likeness (QED) is 0.621. The van der Waals surface area contributed by atoms with Gasteiger partial charge in [0, 0.05) is 19.6 Å². The van der Waals surface area contributed by atoms with Gasteiger partial charge < -0.3 is 14.9 Å². The van der Waals surface area contributed by atoms with Crippen molar-refractivity contribution in [2.75, 3.05) is 26.2 Å². The first-order valence-corrected chi connectivity index (χ1v) is 6.93. The minimum absolute atomic E-state index is 0.204. The van der Waals surface area contributed by atoms with Crippen molar-refractivity contribution in [2.45, 2.75) is 39.5 Å². The van der Waals surface area contributed by atoms with Crippen LogP contribution in [0.15, 0.2) is 12.7 Å². The lowest BCUT2D eigenvalue weighted by atomic mass is 10.2. The molecule has 19 heavy (non-hydrogen) atoms. The molecule has 0 fully saturated rings. The molecule has 0 bridgehead atoms. The molecule has 0 unspecified atom stereocenters. The van der Waals surface area contributed by atoms with Crippen LogP contribution in [0.1, 0.15) is 39.5 Å². The van der Waals surface area contributed by atoms with Crippen LogP contribution >= 0.6 is 0 Å². The van der Waals surface area contributed by atoms with Crippen molar-refractivity contribution in [1.82, 2.24) is 9.80 Å². The molecule has 0 aliphatic rings. The van der Waals surface area contributed by atoms with Crippen LogP contribution in [0, 0.1) is 0 Å². The van der Waals surface area contributed by atoms with E-state index in [4.69, 9.17) is 5.11 Å². The molecule has 5 heteroatoms. The van der Waals surface area contributed by atoms with Gasteiger partial charge >= 0.3 is 12.0 Å². The van der Waals surface area contributed by atoms with Gasteiger partial charge in [-0.15, -0.1) is 6.58 Å². The molecule has 0 spiro atoms.